The maximum absolute atomic E-state index is 12.6. The number of carboxylic acids is 1. The highest BCUT2D eigenvalue weighted by Gasteiger charge is 2.35. The molecule has 0 spiro atoms. The van der Waals surface area contributed by atoms with Gasteiger partial charge in [-0.1, -0.05) is 0 Å². The molecule has 2 rings (SSSR count). The molecule has 1 aliphatic rings. The number of aryl methyl sites for hydroxylation is 1. The van der Waals surface area contributed by atoms with Gasteiger partial charge in [0.25, 0.3) is 10.0 Å². The number of sulfonamides is 1. The van der Waals surface area contributed by atoms with Crippen molar-refractivity contribution in [3.8, 4) is 0 Å². The van der Waals surface area contributed by atoms with Gasteiger partial charge >= 0.3 is 5.97 Å². The summed E-state index contributed by atoms with van der Waals surface area (Å²) in [5.41, 5.74) is -0.0598. The van der Waals surface area contributed by atoms with Crippen LogP contribution < -0.4 is 0 Å². The van der Waals surface area contributed by atoms with Crippen molar-refractivity contribution in [2.45, 2.75) is 24.8 Å². The van der Waals surface area contributed by atoms with Crippen molar-refractivity contribution in [1.82, 2.24) is 14.5 Å². The molecule has 0 aromatic carbocycles. The van der Waals surface area contributed by atoms with Crippen molar-refractivity contribution in [2.75, 3.05) is 26.8 Å². The number of ether oxygens (including phenoxy) is 1. The first-order valence-corrected chi connectivity index (χ1v) is 8.09. The van der Waals surface area contributed by atoms with Gasteiger partial charge in [0.1, 0.15) is 5.56 Å². The van der Waals surface area contributed by atoms with E-state index in [1.54, 1.807) is 7.11 Å². The van der Waals surface area contributed by atoms with Crippen molar-refractivity contribution < 1.29 is 23.1 Å². The predicted molar refractivity (Wildman–Crippen MR) is 73.6 cm³/mol. The molecule has 1 fully saturated rings. The van der Waals surface area contributed by atoms with Gasteiger partial charge in [0.15, 0.2) is 0 Å². The molecule has 1 aliphatic heterocycles. The maximum atomic E-state index is 12.6. The minimum Gasteiger partial charge on any atom is -0.478 e. The minimum absolute atomic E-state index is 0.117. The van der Waals surface area contributed by atoms with E-state index in [-0.39, 0.29) is 17.2 Å². The summed E-state index contributed by atoms with van der Waals surface area (Å²) in [6.45, 7) is 2.66. The molecular formula is C12H19N3O5S. The van der Waals surface area contributed by atoms with E-state index in [1.807, 2.05) is 0 Å². The minimum atomic E-state index is -3.91. The summed E-state index contributed by atoms with van der Waals surface area (Å²) in [4.78, 5) is 11.2. The Labute approximate surface area is 123 Å². The molecule has 1 unspecified atom stereocenters. The molecule has 0 bridgehead atoms. The monoisotopic (exact) mass is 317 g/mol. The van der Waals surface area contributed by atoms with Crippen LogP contribution >= 0.6 is 0 Å². The first-order valence-electron chi connectivity index (χ1n) is 6.65. The maximum Gasteiger partial charge on any atom is 0.340 e. The Hall–Kier alpha value is -1.45. The van der Waals surface area contributed by atoms with Crippen molar-refractivity contribution >= 4 is 16.0 Å². The van der Waals surface area contributed by atoms with Crippen molar-refractivity contribution in [1.29, 1.82) is 0 Å². The van der Waals surface area contributed by atoms with Gasteiger partial charge in [0, 0.05) is 25.9 Å². The van der Waals surface area contributed by atoms with Crippen LogP contribution in [0.5, 0.6) is 0 Å². The second-order valence-corrected chi connectivity index (χ2v) is 7.01. The SMILES string of the molecule is COCC1CCCN(S(=O)(=O)c2n[nH]c(C)c2C(=O)O)C1. The second-order valence-electron chi connectivity index (χ2n) is 5.16. The van der Waals surface area contributed by atoms with Crippen LogP contribution in [-0.2, 0) is 14.8 Å². The molecule has 0 saturated carbocycles. The number of rotatable bonds is 5. The number of methoxy groups -OCH3 is 1. The fourth-order valence-corrected chi connectivity index (χ4v) is 4.27. The molecule has 0 aliphatic carbocycles. The van der Waals surface area contributed by atoms with E-state index in [4.69, 9.17) is 4.74 Å². The number of aromatic amines is 1. The third-order valence-electron chi connectivity index (χ3n) is 3.60. The summed E-state index contributed by atoms with van der Waals surface area (Å²) < 4.78 is 31.6. The molecule has 118 valence electrons. The summed E-state index contributed by atoms with van der Waals surface area (Å²) in [6.07, 6.45) is 1.62. The van der Waals surface area contributed by atoms with E-state index >= 15 is 0 Å². The summed E-state index contributed by atoms with van der Waals surface area (Å²) in [7, 11) is -2.34. The average Bonchev–Trinajstić information content (AvgIpc) is 2.82. The van der Waals surface area contributed by atoms with E-state index in [1.165, 1.54) is 11.2 Å². The lowest BCUT2D eigenvalue weighted by Gasteiger charge is -2.31. The lowest BCUT2D eigenvalue weighted by molar-refractivity contribution is 0.0691. The zero-order valence-electron chi connectivity index (χ0n) is 12.0. The average molecular weight is 317 g/mol. The first-order chi connectivity index (χ1) is 9.87. The zero-order valence-corrected chi connectivity index (χ0v) is 12.8. The van der Waals surface area contributed by atoms with E-state index < -0.39 is 21.0 Å². The summed E-state index contributed by atoms with van der Waals surface area (Å²) in [5, 5.41) is 14.9. The number of piperidine rings is 1. The molecule has 0 amide bonds. The van der Waals surface area contributed by atoms with Crippen LogP contribution in [0.25, 0.3) is 0 Å². The highest BCUT2D eigenvalue weighted by Crippen LogP contribution is 2.25. The number of carboxylic acid groups (broad SMARTS) is 1. The Morgan fingerprint density at radius 2 is 2.29 bits per heavy atom. The highest BCUT2D eigenvalue weighted by molar-refractivity contribution is 7.89. The van der Waals surface area contributed by atoms with Gasteiger partial charge in [-0.25, -0.2) is 13.2 Å². The van der Waals surface area contributed by atoms with E-state index in [0.29, 0.717) is 19.7 Å². The summed E-state index contributed by atoms with van der Waals surface area (Å²) in [5.74, 6) is -1.18. The van der Waals surface area contributed by atoms with Gasteiger partial charge in [0.05, 0.1) is 6.61 Å². The van der Waals surface area contributed by atoms with Gasteiger partial charge in [0.2, 0.25) is 5.03 Å². The Balaban J connectivity index is 2.32. The fraction of sp³-hybridized carbons (Fsp3) is 0.667. The van der Waals surface area contributed by atoms with Gasteiger partial charge in [-0.3, -0.25) is 5.10 Å². The Kier molecular flexibility index (Phi) is 4.64. The Morgan fingerprint density at radius 1 is 1.57 bits per heavy atom. The third-order valence-corrected chi connectivity index (χ3v) is 5.39. The summed E-state index contributed by atoms with van der Waals surface area (Å²) in [6, 6.07) is 0. The van der Waals surface area contributed by atoms with Gasteiger partial charge in [-0.15, -0.1) is 0 Å². The number of aromatic nitrogens is 2. The van der Waals surface area contributed by atoms with Crippen LogP contribution in [0.4, 0.5) is 0 Å². The van der Waals surface area contributed by atoms with Crippen LogP contribution in [0.2, 0.25) is 0 Å². The van der Waals surface area contributed by atoms with Crippen molar-refractivity contribution in [3.63, 3.8) is 0 Å². The lowest BCUT2D eigenvalue weighted by atomic mass is 10.0. The number of carbonyl (C=O) groups is 1. The Morgan fingerprint density at radius 3 is 2.90 bits per heavy atom. The van der Waals surface area contributed by atoms with Gasteiger partial charge in [-0.2, -0.15) is 9.40 Å². The zero-order chi connectivity index (χ0) is 15.6. The topological polar surface area (TPSA) is 113 Å². The molecule has 2 N–H and O–H groups in total. The number of hydrogen-bond acceptors (Lipinski definition) is 5. The van der Waals surface area contributed by atoms with Crippen LogP contribution in [0.1, 0.15) is 28.9 Å². The molecule has 1 aromatic heterocycles. The van der Waals surface area contributed by atoms with Gasteiger partial charge < -0.3 is 9.84 Å². The molecule has 1 aromatic rings. The number of H-pyrrole nitrogens is 1. The molecule has 2 heterocycles. The quantitative estimate of drug-likeness (QED) is 0.816. The van der Waals surface area contributed by atoms with Crippen LogP contribution in [0.15, 0.2) is 5.03 Å². The fourth-order valence-electron chi connectivity index (χ4n) is 2.58. The normalized spacial score (nSPS) is 20.6. The van der Waals surface area contributed by atoms with Crippen LogP contribution in [0, 0.1) is 12.8 Å². The predicted octanol–water partition coefficient (Wildman–Crippen LogP) is 0.463. The van der Waals surface area contributed by atoms with E-state index in [9.17, 15) is 18.3 Å². The number of nitrogens with zero attached hydrogens (tertiary/aromatic N) is 2. The summed E-state index contributed by atoms with van der Waals surface area (Å²) >= 11 is 0. The molecule has 8 nitrogen and oxygen atoms in total. The number of hydrogen-bond donors (Lipinski definition) is 2. The largest absolute Gasteiger partial charge is 0.478 e. The van der Waals surface area contributed by atoms with Crippen molar-refractivity contribution in [2.24, 2.45) is 5.92 Å². The molecule has 9 heteroatoms. The van der Waals surface area contributed by atoms with Gasteiger partial charge in [-0.05, 0) is 25.7 Å². The molecular weight excluding hydrogens is 298 g/mol. The smallest absolute Gasteiger partial charge is 0.340 e. The number of aromatic carboxylic acids is 1. The molecule has 21 heavy (non-hydrogen) atoms. The molecule has 1 saturated heterocycles. The first kappa shape index (κ1) is 15.9. The molecule has 0 radical (unpaired) electrons. The van der Waals surface area contributed by atoms with Crippen LogP contribution in [-0.4, -0.2) is 60.8 Å². The number of nitrogens with one attached hydrogen (secondary N) is 1. The third kappa shape index (κ3) is 3.09. The standard InChI is InChI=1S/C12H19N3O5S/c1-8-10(12(16)17)11(14-13-8)21(18,19)15-5-3-4-9(6-15)7-20-2/h9H,3-7H2,1-2H3,(H,13,14)(H,16,17). The second kappa shape index (κ2) is 6.12. The van der Waals surface area contributed by atoms with E-state index in [0.717, 1.165) is 12.8 Å². The van der Waals surface area contributed by atoms with Crippen LogP contribution in [0.3, 0.4) is 0 Å². The molecule has 1 atom stereocenters. The van der Waals surface area contributed by atoms with E-state index in [2.05, 4.69) is 10.2 Å². The highest BCUT2D eigenvalue weighted by atomic mass is 32.2. The lowest BCUT2D eigenvalue weighted by Crippen LogP contribution is -2.41. The van der Waals surface area contributed by atoms with Crippen molar-refractivity contribution in [3.05, 3.63) is 11.3 Å². The Bertz CT molecular complexity index is 623.